The second-order valence-corrected chi connectivity index (χ2v) is 7.43. The van der Waals surface area contributed by atoms with E-state index in [0.717, 1.165) is 12.8 Å². The largest absolute Gasteiger partial charge is 0.354 e. The molecule has 4 aromatic carbocycles. The maximum atomic E-state index is 3.71. The minimum atomic E-state index is 1.11. The van der Waals surface area contributed by atoms with Crippen LogP contribution in [0.3, 0.4) is 0 Å². The molecular formula is C26H19N. The van der Waals surface area contributed by atoms with Gasteiger partial charge in [-0.2, -0.15) is 0 Å². The van der Waals surface area contributed by atoms with E-state index in [4.69, 9.17) is 0 Å². The van der Waals surface area contributed by atoms with E-state index in [1.54, 1.807) is 0 Å². The molecule has 1 heteroatoms. The van der Waals surface area contributed by atoms with E-state index in [0.29, 0.717) is 0 Å². The number of aromatic nitrogens is 1. The van der Waals surface area contributed by atoms with Crippen LogP contribution in [0.15, 0.2) is 84.9 Å². The van der Waals surface area contributed by atoms with Crippen LogP contribution in [0.5, 0.6) is 0 Å². The van der Waals surface area contributed by atoms with Crippen LogP contribution in [-0.2, 0) is 12.8 Å². The van der Waals surface area contributed by atoms with Crippen molar-refractivity contribution >= 4 is 21.8 Å². The molecule has 6 rings (SSSR count). The van der Waals surface area contributed by atoms with Gasteiger partial charge in [0.1, 0.15) is 0 Å². The van der Waals surface area contributed by atoms with Crippen LogP contribution in [0.25, 0.3) is 44.1 Å². The SMILES string of the molecule is c1ccc(-c2ccc3c(c2)-c2c(ccc4c2[nH]c2ccccc24)CC3)cc1. The number of hydrogen-bond donors (Lipinski definition) is 1. The molecule has 0 spiro atoms. The summed E-state index contributed by atoms with van der Waals surface area (Å²) in [7, 11) is 0. The second-order valence-electron chi connectivity index (χ2n) is 7.43. The van der Waals surface area contributed by atoms with E-state index < -0.39 is 0 Å². The van der Waals surface area contributed by atoms with E-state index in [9.17, 15) is 0 Å². The van der Waals surface area contributed by atoms with E-state index in [-0.39, 0.29) is 0 Å². The molecule has 0 bridgehead atoms. The monoisotopic (exact) mass is 345 g/mol. The van der Waals surface area contributed by atoms with Crippen LogP contribution in [0.2, 0.25) is 0 Å². The molecule has 0 aliphatic heterocycles. The van der Waals surface area contributed by atoms with Gasteiger partial charge in [-0.15, -0.1) is 0 Å². The molecule has 27 heavy (non-hydrogen) atoms. The number of H-pyrrole nitrogens is 1. The number of hydrogen-bond acceptors (Lipinski definition) is 0. The smallest absolute Gasteiger partial charge is 0.0547 e. The van der Waals surface area contributed by atoms with Crippen LogP contribution in [0.4, 0.5) is 0 Å². The van der Waals surface area contributed by atoms with Crippen LogP contribution >= 0.6 is 0 Å². The fraction of sp³-hybridized carbons (Fsp3) is 0.0769. The third-order valence-corrected chi connectivity index (χ3v) is 5.92. The highest BCUT2D eigenvalue weighted by Gasteiger charge is 2.21. The molecule has 1 aliphatic rings. The minimum Gasteiger partial charge on any atom is -0.354 e. The van der Waals surface area contributed by atoms with E-state index in [1.165, 1.54) is 55.2 Å². The summed E-state index contributed by atoms with van der Waals surface area (Å²) in [5.41, 5.74) is 10.7. The molecule has 0 saturated carbocycles. The Morgan fingerprint density at radius 2 is 1.37 bits per heavy atom. The van der Waals surface area contributed by atoms with Gasteiger partial charge in [0.15, 0.2) is 0 Å². The Morgan fingerprint density at radius 3 is 2.30 bits per heavy atom. The van der Waals surface area contributed by atoms with Crippen molar-refractivity contribution in [2.45, 2.75) is 12.8 Å². The zero-order valence-corrected chi connectivity index (χ0v) is 15.0. The van der Waals surface area contributed by atoms with Gasteiger partial charge < -0.3 is 4.98 Å². The van der Waals surface area contributed by atoms with Crippen LogP contribution < -0.4 is 0 Å². The van der Waals surface area contributed by atoms with Crippen molar-refractivity contribution in [1.82, 2.24) is 4.98 Å². The quantitative estimate of drug-likeness (QED) is 0.346. The maximum Gasteiger partial charge on any atom is 0.0547 e. The molecule has 1 nitrogen and oxygen atoms in total. The Kier molecular flexibility index (Phi) is 3.06. The van der Waals surface area contributed by atoms with Gasteiger partial charge in [-0.3, -0.25) is 0 Å². The lowest BCUT2D eigenvalue weighted by molar-refractivity contribution is 0.944. The molecule has 1 aliphatic carbocycles. The first kappa shape index (κ1) is 14.8. The summed E-state index contributed by atoms with van der Waals surface area (Å²) >= 11 is 0. The summed E-state index contributed by atoms with van der Waals surface area (Å²) in [5, 5.41) is 2.63. The Hall–Kier alpha value is -3.32. The molecule has 1 heterocycles. The standard InChI is InChI=1S/C26H19N/c1-2-6-17(7-3-1)20-13-11-18-10-12-19-14-15-22-21-8-4-5-9-24(21)27-26(22)25(19)23(18)16-20/h1-9,11,13-16,27H,10,12H2. The minimum absolute atomic E-state index is 1.11. The van der Waals surface area contributed by atoms with Crippen molar-refractivity contribution in [3.05, 3.63) is 96.1 Å². The number of para-hydroxylation sites is 1. The summed E-state index contributed by atoms with van der Waals surface area (Å²) in [6, 6.07) is 30.9. The molecular weight excluding hydrogens is 326 g/mol. The van der Waals surface area contributed by atoms with Gasteiger partial charge >= 0.3 is 0 Å². The third-order valence-electron chi connectivity index (χ3n) is 5.92. The molecule has 0 fully saturated rings. The molecule has 0 amide bonds. The van der Waals surface area contributed by atoms with Gasteiger partial charge in [-0.1, -0.05) is 72.8 Å². The molecule has 1 aromatic heterocycles. The van der Waals surface area contributed by atoms with Gasteiger partial charge in [0, 0.05) is 21.9 Å². The lowest BCUT2D eigenvalue weighted by Gasteiger charge is -2.21. The predicted molar refractivity (Wildman–Crippen MR) is 114 cm³/mol. The average molecular weight is 345 g/mol. The van der Waals surface area contributed by atoms with Crippen LogP contribution in [0.1, 0.15) is 11.1 Å². The highest BCUT2D eigenvalue weighted by molar-refractivity contribution is 6.13. The van der Waals surface area contributed by atoms with Gasteiger partial charge in [0.2, 0.25) is 0 Å². The first-order valence-electron chi connectivity index (χ1n) is 9.59. The summed E-state index contributed by atoms with van der Waals surface area (Å²) in [5.74, 6) is 0. The van der Waals surface area contributed by atoms with Crippen molar-refractivity contribution in [3.63, 3.8) is 0 Å². The highest BCUT2D eigenvalue weighted by atomic mass is 14.7. The van der Waals surface area contributed by atoms with E-state index >= 15 is 0 Å². The van der Waals surface area contributed by atoms with E-state index in [1.807, 2.05) is 0 Å². The number of aromatic amines is 1. The Balaban J connectivity index is 1.67. The number of fused-ring (bicyclic) bond motifs is 7. The predicted octanol–water partition coefficient (Wildman–Crippen LogP) is 6.75. The van der Waals surface area contributed by atoms with Crippen molar-refractivity contribution in [2.24, 2.45) is 0 Å². The summed E-state index contributed by atoms with van der Waals surface area (Å²) in [6.45, 7) is 0. The van der Waals surface area contributed by atoms with Gasteiger partial charge in [0.05, 0.1) is 5.52 Å². The Bertz CT molecular complexity index is 1310. The van der Waals surface area contributed by atoms with Gasteiger partial charge in [-0.25, -0.2) is 0 Å². The third kappa shape index (κ3) is 2.18. The average Bonchev–Trinajstić information content (AvgIpc) is 3.12. The normalized spacial score (nSPS) is 12.9. The number of nitrogens with one attached hydrogen (secondary N) is 1. The van der Waals surface area contributed by atoms with E-state index in [2.05, 4.69) is 89.9 Å². The summed E-state index contributed by atoms with van der Waals surface area (Å²) in [4.78, 5) is 3.71. The van der Waals surface area contributed by atoms with Crippen molar-refractivity contribution in [2.75, 3.05) is 0 Å². The highest BCUT2D eigenvalue weighted by Crippen LogP contribution is 2.42. The molecule has 5 aromatic rings. The number of aryl methyl sites for hydroxylation is 2. The zero-order valence-electron chi connectivity index (χ0n) is 15.0. The molecule has 0 saturated heterocycles. The molecule has 0 atom stereocenters. The number of rotatable bonds is 1. The van der Waals surface area contributed by atoms with Gasteiger partial charge in [0.25, 0.3) is 0 Å². The van der Waals surface area contributed by atoms with Crippen molar-refractivity contribution < 1.29 is 0 Å². The fourth-order valence-corrected chi connectivity index (χ4v) is 4.58. The Labute approximate surface area is 158 Å². The topological polar surface area (TPSA) is 15.8 Å². The lowest BCUT2D eigenvalue weighted by Crippen LogP contribution is -2.04. The summed E-state index contributed by atoms with van der Waals surface area (Å²) in [6.07, 6.45) is 2.22. The van der Waals surface area contributed by atoms with Crippen molar-refractivity contribution in [3.8, 4) is 22.3 Å². The first-order valence-corrected chi connectivity index (χ1v) is 9.59. The lowest BCUT2D eigenvalue weighted by atomic mass is 9.83. The molecule has 0 unspecified atom stereocenters. The Morgan fingerprint density at radius 1 is 0.593 bits per heavy atom. The summed E-state index contributed by atoms with van der Waals surface area (Å²) < 4.78 is 0. The second kappa shape index (κ2) is 5.59. The van der Waals surface area contributed by atoms with Crippen LogP contribution in [-0.4, -0.2) is 4.98 Å². The molecule has 1 N–H and O–H groups in total. The first-order chi connectivity index (χ1) is 13.4. The molecule has 0 radical (unpaired) electrons. The molecule has 128 valence electrons. The fourth-order valence-electron chi connectivity index (χ4n) is 4.58. The van der Waals surface area contributed by atoms with Crippen LogP contribution in [0, 0.1) is 0 Å². The van der Waals surface area contributed by atoms with Gasteiger partial charge in [-0.05, 0) is 52.8 Å². The maximum absolute atomic E-state index is 3.71. The van der Waals surface area contributed by atoms with Crippen molar-refractivity contribution in [1.29, 1.82) is 0 Å². The zero-order chi connectivity index (χ0) is 17.8. The number of benzene rings is 4.